The van der Waals surface area contributed by atoms with Crippen LogP contribution in [0.3, 0.4) is 0 Å². The summed E-state index contributed by atoms with van der Waals surface area (Å²) in [5, 5.41) is 6.19. The highest BCUT2D eigenvalue weighted by atomic mass is 16.5. The van der Waals surface area contributed by atoms with Gasteiger partial charge in [0.05, 0.1) is 6.10 Å². The van der Waals surface area contributed by atoms with Gasteiger partial charge in [-0.25, -0.2) is 4.79 Å². The molecule has 1 heterocycles. The third kappa shape index (κ3) is 4.95. The quantitative estimate of drug-likeness (QED) is 0.833. The number of hydrogen-bond acceptors (Lipinski definition) is 3. The topological polar surface area (TPSA) is 53.6 Å². The monoisotopic (exact) mass is 345 g/mol. The predicted molar refractivity (Wildman–Crippen MR) is 99.3 cm³/mol. The Morgan fingerprint density at radius 1 is 1.28 bits per heavy atom. The number of urea groups is 1. The molecule has 1 saturated heterocycles. The minimum Gasteiger partial charge on any atom is -0.378 e. The van der Waals surface area contributed by atoms with Crippen molar-refractivity contribution >= 4 is 6.03 Å². The summed E-state index contributed by atoms with van der Waals surface area (Å²) in [5.41, 5.74) is 2.42. The Labute approximate surface area is 151 Å². The smallest absolute Gasteiger partial charge is 0.315 e. The number of carbonyl (C=O) groups excluding carboxylic acids is 1. The van der Waals surface area contributed by atoms with E-state index in [1.54, 1.807) is 0 Å². The lowest BCUT2D eigenvalue weighted by atomic mass is 9.82. The molecule has 3 atom stereocenters. The highest BCUT2D eigenvalue weighted by Crippen LogP contribution is 2.34. The van der Waals surface area contributed by atoms with E-state index in [0.29, 0.717) is 18.6 Å². The van der Waals surface area contributed by atoms with E-state index in [2.05, 4.69) is 53.8 Å². The van der Waals surface area contributed by atoms with E-state index in [1.807, 2.05) is 0 Å². The van der Waals surface area contributed by atoms with Gasteiger partial charge in [-0.1, -0.05) is 31.2 Å². The van der Waals surface area contributed by atoms with Gasteiger partial charge in [-0.05, 0) is 50.4 Å². The lowest BCUT2D eigenvalue weighted by Gasteiger charge is -2.33. The van der Waals surface area contributed by atoms with E-state index in [4.69, 9.17) is 4.74 Å². The lowest BCUT2D eigenvalue weighted by molar-refractivity contribution is 0.0549. The van der Waals surface area contributed by atoms with Gasteiger partial charge in [0.1, 0.15) is 0 Å². The molecule has 0 bridgehead atoms. The van der Waals surface area contributed by atoms with Gasteiger partial charge in [-0.3, -0.25) is 0 Å². The van der Waals surface area contributed by atoms with Crippen LogP contribution >= 0.6 is 0 Å². The minimum absolute atomic E-state index is 0.0615. The van der Waals surface area contributed by atoms with Crippen molar-refractivity contribution in [2.75, 3.05) is 20.2 Å². The largest absolute Gasteiger partial charge is 0.378 e. The zero-order valence-corrected chi connectivity index (χ0v) is 15.5. The average molecular weight is 345 g/mol. The Bertz CT molecular complexity index is 578. The number of fused-ring (bicyclic) bond motifs is 1. The summed E-state index contributed by atoms with van der Waals surface area (Å²) in [7, 11) is 2.11. The van der Waals surface area contributed by atoms with E-state index >= 15 is 0 Å². The fourth-order valence-electron chi connectivity index (χ4n) is 4.02. The van der Waals surface area contributed by atoms with Crippen LogP contribution in [0.5, 0.6) is 0 Å². The first-order chi connectivity index (χ1) is 12.2. The van der Waals surface area contributed by atoms with Gasteiger partial charge >= 0.3 is 6.03 Å². The molecule has 2 amide bonds. The van der Waals surface area contributed by atoms with Crippen LogP contribution in [-0.4, -0.2) is 43.3 Å². The van der Waals surface area contributed by atoms with Crippen LogP contribution in [0.25, 0.3) is 0 Å². The van der Waals surface area contributed by atoms with Crippen LogP contribution in [0.2, 0.25) is 0 Å². The van der Waals surface area contributed by atoms with E-state index in [0.717, 1.165) is 50.9 Å². The Morgan fingerprint density at radius 2 is 2.12 bits per heavy atom. The first-order valence-corrected chi connectivity index (χ1v) is 9.58. The Balaban J connectivity index is 1.48. The molecule has 2 N–H and O–H groups in total. The average Bonchev–Trinajstić information content (AvgIpc) is 3.10. The van der Waals surface area contributed by atoms with Crippen molar-refractivity contribution in [2.45, 2.75) is 57.8 Å². The molecule has 5 nitrogen and oxygen atoms in total. The zero-order valence-electron chi connectivity index (χ0n) is 15.5. The molecule has 2 aliphatic rings. The van der Waals surface area contributed by atoms with Gasteiger partial charge < -0.3 is 20.3 Å². The molecule has 0 aromatic heterocycles. The number of ether oxygens (including phenoxy) is 1. The molecule has 1 aromatic rings. The lowest BCUT2D eigenvalue weighted by Crippen LogP contribution is -2.49. The predicted octanol–water partition coefficient (Wildman–Crippen LogP) is 2.90. The molecule has 3 rings (SSSR count). The summed E-state index contributed by atoms with van der Waals surface area (Å²) in [6.45, 7) is 5.52. The Morgan fingerprint density at radius 3 is 2.96 bits per heavy atom. The normalized spacial score (nSPS) is 25.6. The Kier molecular flexibility index (Phi) is 6.32. The zero-order chi connectivity index (χ0) is 17.6. The maximum absolute atomic E-state index is 12.3. The molecule has 138 valence electrons. The van der Waals surface area contributed by atoms with Crippen molar-refractivity contribution < 1.29 is 9.53 Å². The van der Waals surface area contributed by atoms with Crippen molar-refractivity contribution in [3.63, 3.8) is 0 Å². The second-order valence-corrected chi connectivity index (χ2v) is 7.38. The highest BCUT2D eigenvalue weighted by molar-refractivity contribution is 5.74. The van der Waals surface area contributed by atoms with Crippen molar-refractivity contribution in [3.05, 3.63) is 35.4 Å². The highest BCUT2D eigenvalue weighted by Gasteiger charge is 2.38. The number of carbonyl (C=O) groups is 1. The SMILES string of the molecule is CCN(C)Cc1cccc(CNC(=O)N[C@@H]2CCC[C@H]3OCC[C@H]23)c1. The number of rotatable bonds is 6. The van der Waals surface area contributed by atoms with Crippen LogP contribution in [0.1, 0.15) is 43.7 Å². The van der Waals surface area contributed by atoms with E-state index < -0.39 is 0 Å². The molecular formula is C20H31N3O2. The summed E-state index contributed by atoms with van der Waals surface area (Å²) in [6, 6.07) is 8.64. The van der Waals surface area contributed by atoms with Crippen molar-refractivity contribution in [1.82, 2.24) is 15.5 Å². The molecule has 1 aliphatic carbocycles. The van der Waals surface area contributed by atoms with Crippen LogP contribution in [0.15, 0.2) is 24.3 Å². The van der Waals surface area contributed by atoms with Gasteiger partial charge in [0, 0.05) is 31.7 Å². The van der Waals surface area contributed by atoms with Crippen LogP contribution < -0.4 is 10.6 Å². The Hall–Kier alpha value is -1.59. The third-order valence-electron chi connectivity index (χ3n) is 5.53. The second-order valence-electron chi connectivity index (χ2n) is 7.38. The number of amides is 2. The third-order valence-corrected chi connectivity index (χ3v) is 5.53. The van der Waals surface area contributed by atoms with Gasteiger partial charge in [0.2, 0.25) is 0 Å². The summed E-state index contributed by atoms with van der Waals surface area (Å²) >= 11 is 0. The first-order valence-electron chi connectivity index (χ1n) is 9.58. The number of benzene rings is 1. The van der Waals surface area contributed by atoms with Gasteiger partial charge in [0.15, 0.2) is 0 Å². The van der Waals surface area contributed by atoms with Gasteiger partial charge in [-0.2, -0.15) is 0 Å². The molecule has 1 aromatic carbocycles. The van der Waals surface area contributed by atoms with Crippen LogP contribution in [-0.2, 0) is 17.8 Å². The summed E-state index contributed by atoms with van der Waals surface area (Å²) in [4.78, 5) is 14.6. The molecule has 25 heavy (non-hydrogen) atoms. The van der Waals surface area contributed by atoms with Crippen molar-refractivity contribution in [2.24, 2.45) is 5.92 Å². The first kappa shape index (κ1) is 18.2. The summed E-state index contributed by atoms with van der Waals surface area (Å²) < 4.78 is 5.78. The molecule has 1 aliphatic heterocycles. The molecule has 0 unspecified atom stereocenters. The van der Waals surface area contributed by atoms with E-state index in [1.165, 1.54) is 5.56 Å². The van der Waals surface area contributed by atoms with Crippen LogP contribution in [0.4, 0.5) is 4.79 Å². The summed E-state index contributed by atoms with van der Waals surface area (Å²) in [5.74, 6) is 0.493. The molecule has 5 heteroatoms. The van der Waals surface area contributed by atoms with Crippen molar-refractivity contribution in [1.29, 1.82) is 0 Å². The van der Waals surface area contributed by atoms with E-state index in [9.17, 15) is 4.79 Å². The molecular weight excluding hydrogens is 314 g/mol. The standard InChI is InChI=1S/C20H31N3O2/c1-3-23(2)14-16-7-4-6-15(12-16)13-21-20(24)22-18-8-5-9-19-17(18)10-11-25-19/h4,6-7,12,17-19H,3,5,8-11,13-14H2,1-2H3,(H2,21,22,24)/t17-,18-,19-/m1/s1. The molecule has 1 saturated carbocycles. The molecule has 0 spiro atoms. The molecule has 0 radical (unpaired) electrons. The summed E-state index contributed by atoms with van der Waals surface area (Å²) in [6.07, 6.45) is 4.77. The molecule has 2 fully saturated rings. The maximum Gasteiger partial charge on any atom is 0.315 e. The number of nitrogens with one attached hydrogen (secondary N) is 2. The van der Waals surface area contributed by atoms with Gasteiger partial charge in [-0.15, -0.1) is 0 Å². The van der Waals surface area contributed by atoms with Gasteiger partial charge in [0.25, 0.3) is 0 Å². The maximum atomic E-state index is 12.3. The number of hydrogen-bond donors (Lipinski definition) is 2. The fourth-order valence-corrected chi connectivity index (χ4v) is 4.02. The second kappa shape index (κ2) is 8.68. The van der Waals surface area contributed by atoms with Crippen molar-refractivity contribution in [3.8, 4) is 0 Å². The van der Waals surface area contributed by atoms with E-state index in [-0.39, 0.29) is 12.1 Å². The number of nitrogens with zero attached hydrogens (tertiary/aromatic N) is 1. The fraction of sp³-hybridized carbons (Fsp3) is 0.650. The van der Waals surface area contributed by atoms with Crippen LogP contribution in [0, 0.1) is 5.92 Å². The minimum atomic E-state index is -0.0615.